The van der Waals surface area contributed by atoms with Crippen LogP contribution in [0.5, 0.6) is 0 Å². The number of nitrogens with one attached hydrogen (secondary N) is 1. The number of nitrogens with zero attached hydrogens (tertiary/aromatic N) is 2. The summed E-state index contributed by atoms with van der Waals surface area (Å²) in [6.07, 6.45) is 2.74. The van der Waals surface area contributed by atoms with Gasteiger partial charge in [0, 0.05) is 19.3 Å². The SMILES string of the molecule is Cn1cc(CCC2CCCC(C(F)(F)F)N2)cn1. The molecule has 0 aliphatic carbocycles. The Morgan fingerprint density at radius 2 is 2.22 bits per heavy atom. The van der Waals surface area contributed by atoms with Gasteiger partial charge < -0.3 is 5.32 Å². The minimum Gasteiger partial charge on any atom is -0.303 e. The summed E-state index contributed by atoms with van der Waals surface area (Å²) in [5, 5.41) is 6.77. The molecule has 1 aliphatic rings. The third kappa shape index (κ3) is 3.48. The Labute approximate surface area is 104 Å². The van der Waals surface area contributed by atoms with Gasteiger partial charge in [-0.1, -0.05) is 6.42 Å². The smallest absolute Gasteiger partial charge is 0.303 e. The monoisotopic (exact) mass is 261 g/mol. The van der Waals surface area contributed by atoms with E-state index < -0.39 is 12.2 Å². The first-order valence-electron chi connectivity index (χ1n) is 6.25. The zero-order valence-corrected chi connectivity index (χ0v) is 10.4. The van der Waals surface area contributed by atoms with E-state index in [1.165, 1.54) is 0 Å². The summed E-state index contributed by atoms with van der Waals surface area (Å²) in [6.45, 7) is 0. The minimum atomic E-state index is -4.12. The van der Waals surface area contributed by atoms with E-state index in [9.17, 15) is 13.2 Å². The lowest BCUT2D eigenvalue weighted by Crippen LogP contribution is -2.50. The van der Waals surface area contributed by atoms with E-state index in [1.807, 2.05) is 13.2 Å². The second-order valence-corrected chi connectivity index (χ2v) is 4.95. The summed E-state index contributed by atoms with van der Waals surface area (Å²) in [6, 6.07) is -1.37. The number of aryl methyl sites for hydroxylation is 2. The molecule has 0 radical (unpaired) electrons. The summed E-state index contributed by atoms with van der Waals surface area (Å²) in [5.74, 6) is 0. The predicted molar refractivity (Wildman–Crippen MR) is 62.1 cm³/mol. The molecule has 1 N–H and O–H groups in total. The second-order valence-electron chi connectivity index (χ2n) is 4.95. The number of hydrogen-bond donors (Lipinski definition) is 1. The fraction of sp³-hybridized carbons (Fsp3) is 0.750. The van der Waals surface area contributed by atoms with E-state index in [0.29, 0.717) is 6.42 Å². The third-order valence-electron chi connectivity index (χ3n) is 3.42. The molecule has 0 saturated carbocycles. The Morgan fingerprint density at radius 3 is 2.83 bits per heavy atom. The van der Waals surface area contributed by atoms with Gasteiger partial charge in [0.1, 0.15) is 6.04 Å². The van der Waals surface area contributed by atoms with Gasteiger partial charge >= 0.3 is 6.18 Å². The molecular formula is C12H18F3N3. The highest BCUT2D eigenvalue weighted by atomic mass is 19.4. The van der Waals surface area contributed by atoms with E-state index in [0.717, 1.165) is 24.8 Å². The van der Waals surface area contributed by atoms with Crippen molar-refractivity contribution in [1.29, 1.82) is 0 Å². The Bertz CT molecular complexity index is 386. The van der Waals surface area contributed by atoms with Gasteiger partial charge in [0.2, 0.25) is 0 Å². The van der Waals surface area contributed by atoms with Gasteiger partial charge in [-0.05, 0) is 31.2 Å². The van der Waals surface area contributed by atoms with Crippen LogP contribution < -0.4 is 5.32 Å². The first kappa shape index (κ1) is 13.4. The number of piperidine rings is 1. The van der Waals surface area contributed by atoms with Crippen LogP contribution in [0.15, 0.2) is 12.4 Å². The van der Waals surface area contributed by atoms with Crippen molar-refractivity contribution in [3.8, 4) is 0 Å². The van der Waals surface area contributed by atoms with Gasteiger partial charge in [-0.15, -0.1) is 0 Å². The highest BCUT2D eigenvalue weighted by molar-refractivity contribution is 5.04. The molecule has 18 heavy (non-hydrogen) atoms. The summed E-state index contributed by atoms with van der Waals surface area (Å²) >= 11 is 0. The van der Waals surface area contributed by atoms with E-state index in [-0.39, 0.29) is 12.5 Å². The number of halogens is 3. The van der Waals surface area contributed by atoms with Crippen LogP contribution in [0.2, 0.25) is 0 Å². The molecule has 1 fully saturated rings. The molecule has 1 aromatic rings. The Hall–Kier alpha value is -1.04. The molecular weight excluding hydrogens is 243 g/mol. The first-order chi connectivity index (χ1) is 8.45. The molecule has 1 aliphatic heterocycles. The standard InChI is InChI=1S/C12H18F3N3/c1-18-8-9(7-16-18)5-6-10-3-2-4-11(17-10)12(13,14)15/h7-8,10-11,17H,2-6H2,1H3. The quantitative estimate of drug-likeness (QED) is 0.905. The molecule has 102 valence electrons. The van der Waals surface area contributed by atoms with Gasteiger partial charge in [0.15, 0.2) is 0 Å². The maximum absolute atomic E-state index is 12.6. The molecule has 0 amide bonds. The normalized spacial score (nSPS) is 25.3. The van der Waals surface area contributed by atoms with Crippen molar-refractivity contribution < 1.29 is 13.2 Å². The highest BCUT2D eigenvalue weighted by Gasteiger charge is 2.41. The van der Waals surface area contributed by atoms with Crippen LogP contribution in [-0.4, -0.2) is 28.0 Å². The lowest BCUT2D eigenvalue weighted by atomic mass is 9.94. The maximum atomic E-state index is 12.6. The van der Waals surface area contributed by atoms with E-state index >= 15 is 0 Å². The fourth-order valence-electron chi connectivity index (χ4n) is 2.45. The first-order valence-corrected chi connectivity index (χ1v) is 6.25. The molecule has 2 rings (SSSR count). The summed E-state index contributed by atoms with van der Waals surface area (Å²) in [7, 11) is 1.84. The molecule has 0 aromatic carbocycles. The average molecular weight is 261 g/mol. The predicted octanol–water partition coefficient (Wildman–Crippen LogP) is 2.43. The molecule has 1 aromatic heterocycles. The number of aromatic nitrogens is 2. The average Bonchev–Trinajstić information content (AvgIpc) is 2.72. The van der Waals surface area contributed by atoms with Gasteiger partial charge in [0.05, 0.1) is 6.20 Å². The zero-order chi connectivity index (χ0) is 13.2. The molecule has 2 heterocycles. The van der Waals surface area contributed by atoms with Crippen molar-refractivity contribution in [3.63, 3.8) is 0 Å². The Morgan fingerprint density at radius 1 is 1.44 bits per heavy atom. The van der Waals surface area contributed by atoms with Crippen LogP contribution in [0.1, 0.15) is 31.2 Å². The highest BCUT2D eigenvalue weighted by Crippen LogP contribution is 2.28. The van der Waals surface area contributed by atoms with Gasteiger partial charge in [-0.3, -0.25) is 4.68 Å². The maximum Gasteiger partial charge on any atom is 0.403 e. The molecule has 0 spiro atoms. The number of hydrogen-bond acceptors (Lipinski definition) is 2. The van der Waals surface area contributed by atoms with Crippen LogP contribution in [-0.2, 0) is 13.5 Å². The van der Waals surface area contributed by atoms with Crippen molar-refractivity contribution in [3.05, 3.63) is 18.0 Å². The van der Waals surface area contributed by atoms with Gasteiger partial charge in [-0.2, -0.15) is 18.3 Å². The molecule has 3 nitrogen and oxygen atoms in total. The summed E-state index contributed by atoms with van der Waals surface area (Å²) in [5.41, 5.74) is 1.08. The summed E-state index contributed by atoms with van der Waals surface area (Å²) in [4.78, 5) is 0. The molecule has 2 atom stereocenters. The molecule has 1 saturated heterocycles. The molecule has 2 unspecified atom stereocenters. The zero-order valence-electron chi connectivity index (χ0n) is 10.4. The third-order valence-corrected chi connectivity index (χ3v) is 3.42. The van der Waals surface area contributed by atoms with Crippen molar-refractivity contribution >= 4 is 0 Å². The molecule has 0 bridgehead atoms. The van der Waals surface area contributed by atoms with Crippen molar-refractivity contribution in [2.24, 2.45) is 7.05 Å². The molecule has 6 heteroatoms. The fourth-order valence-corrected chi connectivity index (χ4v) is 2.45. The van der Waals surface area contributed by atoms with Crippen molar-refractivity contribution in [1.82, 2.24) is 15.1 Å². The van der Waals surface area contributed by atoms with Gasteiger partial charge in [0.25, 0.3) is 0 Å². The van der Waals surface area contributed by atoms with Crippen LogP contribution in [0.4, 0.5) is 13.2 Å². The van der Waals surface area contributed by atoms with Crippen molar-refractivity contribution in [2.45, 2.75) is 50.4 Å². The van der Waals surface area contributed by atoms with Crippen LogP contribution in [0.25, 0.3) is 0 Å². The van der Waals surface area contributed by atoms with Crippen LogP contribution >= 0.6 is 0 Å². The topological polar surface area (TPSA) is 29.9 Å². The summed E-state index contributed by atoms with van der Waals surface area (Å²) < 4.78 is 39.5. The van der Waals surface area contributed by atoms with Crippen LogP contribution in [0, 0.1) is 0 Å². The van der Waals surface area contributed by atoms with Crippen molar-refractivity contribution in [2.75, 3.05) is 0 Å². The number of alkyl halides is 3. The second kappa shape index (κ2) is 5.30. The minimum absolute atomic E-state index is 0.0365. The number of rotatable bonds is 3. The van der Waals surface area contributed by atoms with E-state index in [2.05, 4.69) is 10.4 Å². The lowest BCUT2D eigenvalue weighted by molar-refractivity contribution is -0.163. The Kier molecular flexibility index (Phi) is 3.94. The lowest BCUT2D eigenvalue weighted by Gasteiger charge is -2.32. The largest absolute Gasteiger partial charge is 0.403 e. The van der Waals surface area contributed by atoms with Gasteiger partial charge in [-0.25, -0.2) is 0 Å². The van der Waals surface area contributed by atoms with Crippen LogP contribution in [0.3, 0.4) is 0 Å². The van der Waals surface area contributed by atoms with E-state index in [1.54, 1.807) is 10.9 Å². The van der Waals surface area contributed by atoms with E-state index in [4.69, 9.17) is 0 Å². The Balaban J connectivity index is 1.83.